The number of allylic oxidation sites excluding steroid dienone is 4. The summed E-state index contributed by atoms with van der Waals surface area (Å²) >= 11 is 0. The monoisotopic (exact) mass is 730 g/mol. The molecule has 10 heteroatoms. The Labute approximate surface area is 306 Å². The third-order valence-corrected chi connectivity index (χ3v) is 9.62. The van der Waals surface area contributed by atoms with Crippen molar-refractivity contribution in [2.45, 2.75) is 193 Å². The summed E-state index contributed by atoms with van der Waals surface area (Å²) in [5.74, 6) is -0.523. The van der Waals surface area contributed by atoms with Crippen molar-refractivity contribution in [3.8, 4) is 0 Å². The highest BCUT2D eigenvalue weighted by atomic mass is 31.2. The number of ether oxygens (including phenoxy) is 1. The van der Waals surface area contributed by atoms with Gasteiger partial charge >= 0.3 is 13.8 Å². The minimum atomic E-state index is -4.40. The second-order valence-electron chi connectivity index (χ2n) is 13.6. The van der Waals surface area contributed by atoms with Gasteiger partial charge in [0.2, 0.25) is 5.91 Å². The van der Waals surface area contributed by atoms with Crippen LogP contribution in [0, 0.1) is 0 Å². The lowest BCUT2D eigenvalue weighted by molar-refractivity contribution is -0.147. The van der Waals surface area contributed by atoms with E-state index in [-0.39, 0.29) is 32.1 Å². The van der Waals surface area contributed by atoms with Gasteiger partial charge in [0.25, 0.3) is 0 Å². The molecule has 0 heterocycles. The summed E-state index contributed by atoms with van der Waals surface area (Å²) in [5.41, 5.74) is 0. The Hall–Kier alpha value is -1.51. The second kappa shape index (κ2) is 37.3. The van der Waals surface area contributed by atoms with Gasteiger partial charge in [-0.25, -0.2) is 4.57 Å². The van der Waals surface area contributed by atoms with E-state index in [1.165, 1.54) is 109 Å². The first-order chi connectivity index (χ1) is 24.3. The minimum Gasteiger partial charge on any atom is -0.463 e. The van der Waals surface area contributed by atoms with Crippen LogP contribution in [0.4, 0.5) is 0 Å². The minimum absolute atomic E-state index is 0.0834. The first-order valence-corrected chi connectivity index (χ1v) is 21.8. The molecule has 50 heavy (non-hydrogen) atoms. The number of rotatable bonds is 38. The number of nitrogens with one attached hydrogen (secondary N) is 1. The van der Waals surface area contributed by atoms with Crippen LogP contribution in [-0.2, 0) is 27.9 Å². The molecule has 0 spiro atoms. The van der Waals surface area contributed by atoms with Gasteiger partial charge in [-0.05, 0) is 44.9 Å². The molecule has 294 valence electrons. The molecular formula is C40H76NO8P. The molecule has 2 atom stereocenters. The van der Waals surface area contributed by atoms with Gasteiger partial charge in [-0.15, -0.1) is 0 Å². The van der Waals surface area contributed by atoms with Crippen LogP contribution in [-0.4, -0.2) is 54.3 Å². The van der Waals surface area contributed by atoms with Gasteiger partial charge in [0.05, 0.1) is 13.2 Å². The molecule has 9 nitrogen and oxygen atoms in total. The quantitative estimate of drug-likeness (QED) is 0.0248. The Bertz CT molecular complexity index is 881. The number of phosphoric ester groups is 1. The van der Waals surface area contributed by atoms with Crippen LogP contribution in [0.2, 0.25) is 0 Å². The average Bonchev–Trinajstić information content (AvgIpc) is 3.10. The molecular weight excluding hydrogens is 653 g/mol. The van der Waals surface area contributed by atoms with E-state index >= 15 is 0 Å². The highest BCUT2D eigenvalue weighted by Gasteiger charge is 2.23. The molecule has 0 radical (unpaired) electrons. The first-order valence-electron chi connectivity index (χ1n) is 20.3. The van der Waals surface area contributed by atoms with Crippen molar-refractivity contribution < 1.29 is 37.9 Å². The maximum absolute atomic E-state index is 12.0. The van der Waals surface area contributed by atoms with Crippen LogP contribution < -0.4 is 5.32 Å². The fourth-order valence-electron chi connectivity index (χ4n) is 5.53. The van der Waals surface area contributed by atoms with E-state index in [9.17, 15) is 24.2 Å². The number of aliphatic hydroxyl groups is 1. The van der Waals surface area contributed by atoms with Crippen molar-refractivity contribution in [3.05, 3.63) is 24.3 Å². The Morgan fingerprint density at radius 2 is 1.08 bits per heavy atom. The average molecular weight is 730 g/mol. The van der Waals surface area contributed by atoms with Gasteiger partial charge < -0.3 is 20.1 Å². The van der Waals surface area contributed by atoms with E-state index in [0.29, 0.717) is 6.42 Å². The van der Waals surface area contributed by atoms with E-state index in [4.69, 9.17) is 13.8 Å². The highest BCUT2D eigenvalue weighted by molar-refractivity contribution is 7.47. The normalized spacial score (nSPS) is 13.6. The summed E-state index contributed by atoms with van der Waals surface area (Å²) in [5, 5.41) is 12.6. The smallest absolute Gasteiger partial charge is 0.463 e. The molecule has 0 fully saturated rings. The molecule has 0 aliphatic heterocycles. The SMILES string of the molecule is CCCCC/C=C\C/C=C\CCCCCCCCCCCCCCCC(=O)NCCOP(=O)(O)OCC(O)COC(=O)CCCCCCCC. The standard InChI is InChI=1S/C40H76NO8P/c1-3-5-7-9-11-12-13-14-15-16-17-18-19-20-21-22-23-24-25-26-27-28-30-32-39(43)41-34-35-48-50(45,46)49-37-38(42)36-47-40(44)33-31-29-10-8-6-4-2/h11-12,14-15,38,42H,3-10,13,16-37H2,1-2H3,(H,41,43)(H,45,46)/b12-11-,15-14-. The predicted molar refractivity (Wildman–Crippen MR) is 206 cm³/mol. The zero-order valence-electron chi connectivity index (χ0n) is 32.1. The zero-order chi connectivity index (χ0) is 36.8. The van der Waals surface area contributed by atoms with Crippen LogP contribution in [0.3, 0.4) is 0 Å². The van der Waals surface area contributed by atoms with E-state index in [2.05, 4.69) is 43.5 Å². The van der Waals surface area contributed by atoms with Crippen molar-refractivity contribution in [2.75, 3.05) is 26.4 Å². The van der Waals surface area contributed by atoms with Crippen LogP contribution in [0.5, 0.6) is 0 Å². The number of hydrogen-bond acceptors (Lipinski definition) is 7. The highest BCUT2D eigenvalue weighted by Crippen LogP contribution is 2.42. The number of carbonyl (C=O) groups is 2. The molecule has 0 aromatic carbocycles. The number of esters is 1. The predicted octanol–water partition coefficient (Wildman–Crippen LogP) is 10.8. The largest absolute Gasteiger partial charge is 0.472 e. The summed E-state index contributed by atoms with van der Waals surface area (Å²) in [6, 6.07) is 0. The maximum Gasteiger partial charge on any atom is 0.472 e. The molecule has 0 aromatic rings. The summed E-state index contributed by atoms with van der Waals surface area (Å²) < 4.78 is 26.6. The molecule has 0 rings (SSSR count). The Balaban J connectivity index is 3.51. The molecule has 0 saturated carbocycles. The van der Waals surface area contributed by atoms with Crippen molar-refractivity contribution in [1.82, 2.24) is 5.32 Å². The Morgan fingerprint density at radius 1 is 0.620 bits per heavy atom. The number of amides is 1. The molecule has 0 saturated heterocycles. The summed E-state index contributed by atoms with van der Waals surface area (Å²) in [4.78, 5) is 33.6. The van der Waals surface area contributed by atoms with Crippen molar-refractivity contribution in [1.29, 1.82) is 0 Å². The van der Waals surface area contributed by atoms with Crippen molar-refractivity contribution in [2.24, 2.45) is 0 Å². The second-order valence-corrected chi connectivity index (χ2v) is 15.1. The fraction of sp³-hybridized carbons (Fsp3) is 0.850. The molecule has 1 amide bonds. The molecule has 0 aliphatic carbocycles. The van der Waals surface area contributed by atoms with Crippen molar-refractivity contribution in [3.63, 3.8) is 0 Å². The number of hydrogen-bond donors (Lipinski definition) is 3. The number of aliphatic hydroxyl groups excluding tert-OH is 1. The summed E-state index contributed by atoms with van der Waals surface area (Å²) in [6.45, 7) is 3.45. The van der Waals surface area contributed by atoms with Gasteiger partial charge in [0.1, 0.15) is 12.7 Å². The van der Waals surface area contributed by atoms with E-state index in [1.54, 1.807) is 0 Å². The lowest BCUT2D eigenvalue weighted by Gasteiger charge is -2.15. The fourth-order valence-corrected chi connectivity index (χ4v) is 6.28. The van der Waals surface area contributed by atoms with Crippen LogP contribution in [0.25, 0.3) is 0 Å². The van der Waals surface area contributed by atoms with Gasteiger partial charge in [-0.2, -0.15) is 0 Å². The zero-order valence-corrected chi connectivity index (χ0v) is 33.0. The topological polar surface area (TPSA) is 131 Å². The third-order valence-electron chi connectivity index (χ3n) is 8.63. The molecule has 0 aliphatic rings. The van der Waals surface area contributed by atoms with Gasteiger partial charge in [-0.3, -0.25) is 18.6 Å². The van der Waals surface area contributed by atoms with Gasteiger partial charge in [0, 0.05) is 19.4 Å². The van der Waals surface area contributed by atoms with Crippen LogP contribution in [0.15, 0.2) is 24.3 Å². The summed E-state index contributed by atoms with van der Waals surface area (Å²) in [6.07, 6.45) is 38.6. The van der Waals surface area contributed by atoms with Crippen LogP contribution in [0.1, 0.15) is 187 Å². The third kappa shape index (κ3) is 37.7. The molecule has 2 unspecified atom stereocenters. The Kier molecular flexibility index (Phi) is 36.1. The molecule has 0 bridgehead atoms. The van der Waals surface area contributed by atoms with E-state index < -0.39 is 26.5 Å². The Morgan fingerprint density at radius 3 is 1.64 bits per heavy atom. The number of carbonyl (C=O) groups excluding carboxylic acids is 2. The summed E-state index contributed by atoms with van der Waals surface area (Å²) in [7, 11) is -4.40. The molecule has 0 aromatic heterocycles. The lowest BCUT2D eigenvalue weighted by atomic mass is 10.0. The van der Waals surface area contributed by atoms with Crippen LogP contribution >= 0.6 is 7.82 Å². The number of unbranched alkanes of at least 4 members (excludes halogenated alkanes) is 21. The number of phosphoric acid groups is 1. The van der Waals surface area contributed by atoms with E-state index in [1.807, 2.05) is 0 Å². The molecule has 3 N–H and O–H groups in total. The van der Waals surface area contributed by atoms with Gasteiger partial charge in [0.15, 0.2) is 0 Å². The first kappa shape index (κ1) is 48.5. The lowest BCUT2D eigenvalue weighted by Crippen LogP contribution is -2.27. The van der Waals surface area contributed by atoms with Gasteiger partial charge in [-0.1, -0.05) is 154 Å². The van der Waals surface area contributed by atoms with E-state index in [0.717, 1.165) is 51.4 Å². The van der Waals surface area contributed by atoms with Crippen molar-refractivity contribution >= 4 is 19.7 Å². The maximum atomic E-state index is 12.0.